The molecular formula is C16H19N5O2S. The van der Waals surface area contributed by atoms with Crippen LogP contribution in [0.3, 0.4) is 0 Å². The fourth-order valence-electron chi connectivity index (χ4n) is 2.49. The molecule has 0 unspecified atom stereocenters. The van der Waals surface area contributed by atoms with Crippen molar-refractivity contribution in [2.75, 3.05) is 18.5 Å². The van der Waals surface area contributed by atoms with Crippen LogP contribution in [0.2, 0.25) is 0 Å². The number of hydrogen-bond donors (Lipinski definition) is 1. The molecule has 126 valence electrons. The summed E-state index contributed by atoms with van der Waals surface area (Å²) in [5.74, 6) is 1.10. The number of nitrogens with one attached hydrogen (secondary N) is 1. The van der Waals surface area contributed by atoms with Crippen molar-refractivity contribution in [3.63, 3.8) is 0 Å². The molecule has 24 heavy (non-hydrogen) atoms. The second kappa shape index (κ2) is 6.96. The number of thiophene rings is 1. The van der Waals surface area contributed by atoms with Crippen LogP contribution in [0.25, 0.3) is 10.2 Å². The molecule has 1 N–H and O–H groups in total. The molecule has 0 aromatic carbocycles. The normalized spacial score (nSPS) is 11.0. The Balaban J connectivity index is 1.90. The minimum atomic E-state index is -0.307. The maximum absolute atomic E-state index is 12.1. The minimum absolute atomic E-state index is 0.307. The number of ether oxygens (including phenoxy) is 1. The van der Waals surface area contributed by atoms with Crippen LogP contribution in [-0.4, -0.2) is 38.9 Å². The number of carbonyl (C=O) groups excluding carboxylic acids is 1. The van der Waals surface area contributed by atoms with Crippen LogP contribution < -0.4 is 5.32 Å². The maximum Gasteiger partial charge on any atom is 0.348 e. The molecule has 0 bridgehead atoms. The average Bonchev–Trinajstić information content (AvgIpc) is 3.15. The molecule has 0 aliphatic carbocycles. The average molecular weight is 345 g/mol. The van der Waals surface area contributed by atoms with E-state index in [1.165, 1.54) is 11.3 Å². The zero-order valence-corrected chi connectivity index (χ0v) is 14.7. The van der Waals surface area contributed by atoms with Crippen LogP contribution in [0, 0.1) is 13.8 Å². The lowest BCUT2D eigenvalue weighted by atomic mass is 10.2. The summed E-state index contributed by atoms with van der Waals surface area (Å²) in [6.07, 6.45) is 3.67. The summed E-state index contributed by atoms with van der Waals surface area (Å²) in [5, 5.41) is 8.40. The van der Waals surface area contributed by atoms with Crippen molar-refractivity contribution in [2.45, 2.75) is 27.3 Å². The fourth-order valence-corrected chi connectivity index (χ4v) is 3.61. The van der Waals surface area contributed by atoms with E-state index in [1.807, 2.05) is 30.8 Å². The highest BCUT2D eigenvalue weighted by molar-refractivity contribution is 7.20. The van der Waals surface area contributed by atoms with Crippen molar-refractivity contribution in [1.29, 1.82) is 0 Å². The lowest BCUT2D eigenvalue weighted by molar-refractivity contribution is 0.0531. The second-order valence-electron chi connectivity index (χ2n) is 5.27. The predicted molar refractivity (Wildman–Crippen MR) is 93.6 cm³/mol. The summed E-state index contributed by atoms with van der Waals surface area (Å²) in [6, 6.07) is 1.89. The van der Waals surface area contributed by atoms with Gasteiger partial charge in [-0.15, -0.1) is 11.3 Å². The van der Waals surface area contributed by atoms with Crippen LogP contribution in [0.1, 0.15) is 28.0 Å². The Kier molecular flexibility index (Phi) is 4.75. The van der Waals surface area contributed by atoms with E-state index in [2.05, 4.69) is 20.4 Å². The first-order valence-electron chi connectivity index (χ1n) is 7.76. The molecule has 3 aromatic heterocycles. The molecule has 7 nitrogen and oxygen atoms in total. The highest BCUT2D eigenvalue weighted by atomic mass is 32.1. The van der Waals surface area contributed by atoms with Gasteiger partial charge in [-0.1, -0.05) is 0 Å². The standard InChI is InChI=1S/C16H19N5O2S/c1-4-23-16(22)13-10(2)12-14(19-11(3)20-15(12)24-13)17-7-9-21-8-5-6-18-21/h5-6,8H,4,7,9H2,1-3H3,(H,17,19,20). The van der Waals surface area contributed by atoms with Gasteiger partial charge in [0.1, 0.15) is 21.3 Å². The number of hydrogen-bond acceptors (Lipinski definition) is 7. The molecule has 0 amide bonds. The van der Waals surface area contributed by atoms with Gasteiger partial charge >= 0.3 is 5.97 Å². The number of rotatable bonds is 6. The smallest absolute Gasteiger partial charge is 0.348 e. The lowest BCUT2D eigenvalue weighted by Crippen LogP contribution is -2.12. The molecule has 0 saturated heterocycles. The Morgan fingerprint density at radius 3 is 2.92 bits per heavy atom. The van der Waals surface area contributed by atoms with E-state index >= 15 is 0 Å². The molecule has 0 aliphatic rings. The molecule has 0 radical (unpaired) electrons. The summed E-state index contributed by atoms with van der Waals surface area (Å²) >= 11 is 1.35. The quantitative estimate of drug-likeness (QED) is 0.692. The van der Waals surface area contributed by atoms with Gasteiger partial charge in [-0.25, -0.2) is 14.8 Å². The Labute approximate surface area is 143 Å². The van der Waals surface area contributed by atoms with Gasteiger partial charge in [-0.2, -0.15) is 5.10 Å². The second-order valence-corrected chi connectivity index (χ2v) is 6.27. The fraction of sp³-hybridized carbons (Fsp3) is 0.375. The van der Waals surface area contributed by atoms with Gasteiger partial charge < -0.3 is 10.1 Å². The summed E-state index contributed by atoms with van der Waals surface area (Å²) in [6.45, 7) is 7.31. The molecular weight excluding hydrogens is 326 g/mol. The SMILES string of the molecule is CCOC(=O)c1sc2nc(C)nc(NCCn3cccn3)c2c1C. The van der Waals surface area contributed by atoms with Crippen LogP contribution >= 0.6 is 11.3 Å². The van der Waals surface area contributed by atoms with Gasteiger partial charge in [0, 0.05) is 18.9 Å². The maximum atomic E-state index is 12.1. The van der Waals surface area contributed by atoms with Crippen LogP contribution in [0.4, 0.5) is 5.82 Å². The highest BCUT2D eigenvalue weighted by Gasteiger charge is 2.20. The molecule has 0 spiro atoms. The summed E-state index contributed by atoms with van der Waals surface area (Å²) in [5.41, 5.74) is 0.857. The van der Waals surface area contributed by atoms with E-state index in [1.54, 1.807) is 13.1 Å². The van der Waals surface area contributed by atoms with Crippen molar-refractivity contribution in [2.24, 2.45) is 0 Å². The summed E-state index contributed by atoms with van der Waals surface area (Å²) in [4.78, 5) is 22.5. The highest BCUT2D eigenvalue weighted by Crippen LogP contribution is 2.34. The van der Waals surface area contributed by atoms with Gasteiger partial charge in [0.25, 0.3) is 0 Å². The van der Waals surface area contributed by atoms with Crippen molar-refractivity contribution in [3.05, 3.63) is 34.7 Å². The number of esters is 1. The number of aromatic nitrogens is 4. The third kappa shape index (κ3) is 3.23. The zero-order valence-electron chi connectivity index (χ0n) is 13.9. The number of fused-ring (bicyclic) bond motifs is 1. The van der Waals surface area contributed by atoms with Gasteiger partial charge in [-0.3, -0.25) is 4.68 Å². The molecule has 3 rings (SSSR count). The van der Waals surface area contributed by atoms with E-state index in [0.29, 0.717) is 23.9 Å². The third-order valence-corrected chi connectivity index (χ3v) is 4.72. The van der Waals surface area contributed by atoms with Gasteiger partial charge in [0.05, 0.1) is 18.5 Å². The third-order valence-electron chi connectivity index (χ3n) is 3.56. The van der Waals surface area contributed by atoms with Gasteiger partial charge in [0.2, 0.25) is 0 Å². The first-order chi connectivity index (χ1) is 11.6. The molecule has 3 heterocycles. The molecule has 0 saturated carbocycles. The van der Waals surface area contributed by atoms with Crippen LogP contribution in [0.15, 0.2) is 18.5 Å². The van der Waals surface area contributed by atoms with E-state index < -0.39 is 0 Å². The Bertz CT molecular complexity index is 857. The Morgan fingerprint density at radius 2 is 2.21 bits per heavy atom. The van der Waals surface area contributed by atoms with Crippen molar-refractivity contribution in [3.8, 4) is 0 Å². The largest absolute Gasteiger partial charge is 0.462 e. The first kappa shape index (κ1) is 16.4. The topological polar surface area (TPSA) is 81.9 Å². The minimum Gasteiger partial charge on any atom is -0.462 e. The first-order valence-corrected chi connectivity index (χ1v) is 8.58. The molecule has 0 atom stereocenters. The number of aryl methyl sites for hydroxylation is 2. The van der Waals surface area contributed by atoms with E-state index in [0.717, 1.165) is 28.1 Å². The lowest BCUT2D eigenvalue weighted by Gasteiger charge is -2.08. The van der Waals surface area contributed by atoms with Gasteiger partial charge in [-0.05, 0) is 32.4 Å². The molecule has 0 aliphatic heterocycles. The van der Waals surface area contributed by atoms with Crippen molar-refractivity contribution in [1.82, 2.24) is 19.7 Å². The van der Waals surface area contributed by atoms with E-state index in [-0.39, 0.29) is 5.97 Å². The summed E-state index contributed by atoms with van der Waals surface area (Å²) in [7, 11) is 0. The Hall–Kier alpha value is -2.48. The summed E-state index contributed by atoms with van der Waals surface area (Å²) < 4.78 is 6.98. The van der Waals surface area contributed by atoms with Gasteiger partial charge in [0.15, 0.2) is 0 Å². The predicted octanol–water partition coefficient (Wildman–Crippen LogP) is 2.79. The monoisotopic (exact) mass is 345 g/mol. The molecule has 8 heteroatoms. The number of anilines is 1. The molecule has 3 aromatic rings. The number of carbonyl (C=O) groups is 1. The molecule has 0 fully saturated rings. The van der Waals surface area contributed by atoms with Crippen LogP contribution in [0.5, 0.6) is 0 Å². The Morgan fingerprint density at radius 1 is 1.38 bits per heavy atom. The van der Waals surface area contributed by atoms with Crippen molar-refractivity contribution < 1.29 is 9.53 Å². The zero-order chi connectivity index (χ0) is 17.1. The van der Waals surface area contributed by atoms with E-state index in [9.17, 15) is 4.79 Å². The van der Waals surface area contributed by atoms with Crippen molar-refractivity contribution >= 4 is 33.3 Å². The van der Waals surface area contributed by atoms with Crippen LogP contribution in [-0.2, 0) is 11.3 Å². The number of nitrogens with zero attached hydrogens (tertiary/aromatic N) is 4. The van der Waals surface area contributed by atoms with E-state index in [4.69, 9.17) is 4.74 Å².